The number of carbonyl (C=O) groups is 2. The second kappa shape index (κ2) is 11.8. The lowest BCUT2D eigenvalue weighted by atomic mass is 9.53. The van der Waals surface area contributed by atoms with Gasteiger partial charge in [0.1, 0.15) is 0 Å². The first-order valence-corrected chi connectivity index (χ1v) is 17.0. The van der Waals surface area contributed by atoms with Gasteiger partial charge >= 0.3 is 11.4 Å². The number of aromatic nitrogens is 3. The van der Waals surface area contributed by atoms with Crippen LogP contribution in [0, 0.1) is 12.8 Å². The molecule has 0 unspecified atom stereocenters. The number of hydrogen-bond acceptors (Lipinski definition) is 7. The first kappa shape index (κ1) is 31.6. The number of halogens is 1. The topological polar surface area (TPSA) is 128 Å². The summed E-state index contributed by atoms with van der Waals surface area (Å²) >= 11 is 3.48. The Morgan fingerprint density at radius 1 is 0.900 bits per heavy atom. The minimum absolute atomic E-state index is 0.0651. The summed E-state index contributed by atoms with van der Waals surface area (Å²) < 4.78 is 9.87. The van der Waals surface area contributed by atoms with Crippen LogP contribution in [0.3, 0.4) is 0 Å². The Kier molecular flexibility index (Phi) is 7.44. The van der Waals surface area contributed by atoms with E-state index >= 15 is 4.79 Å². The van der Waals surface area contributed by atoms with E-state index in [1.165, 1.54) is 16.5 Å². The van der Waals surface area contributed by atoms with E-state index < -0.39 is 46.5 Å². The molecule has 1 aliphatic carbocycles. The van der Waals surface area contributed by atoms with Gasteiger partial charge in [0.25, 0.3) is 11.8 Å². The number of imide groups is 1. The molecule has 1 saturated heterocycles. The van der Waals surface area contributed by atoms with Crippen molar-refractivity contribution in [2.24, 2.45) is 5.92 Å². The van der Waals surface area contributed by atoms with Crippen molar-refractivity contribution in [1.29, 1.82) is 0 Å². The number of aromatic hydroxyl groups is 1. The van der Waals surface area contributed by atoms with Gasteiger partial charge in [0.05, 0.1) is 46.9 Å². The fourth-order valence-electron chi connectivity index (χ4n) is 8.10. The van der Waals surface area contributed by atoms with Crippen molar-refractivity contribution in [3.8, 4) is 17.2 Å². The quantitative estimate of drug-likeness (QED) is 0.181. The number of hydrogen-bond donors (Lipinski definition) is 2. The van der Waals surface area contributed by atoms with Gasteiger partial charge in [-0.2, -0.15) is 5.01 Å². The number of ether oxygens (including phenoxy) is 1. The zero-order chi connectivity index (χ0) is 34.9. The number of methoxy groups -OCH3 is 1. The lowest BCUT2D eigenvalue weighted by molar-refractivity contribution is -0.138. The zero-order valence-electron chi connectivity index (χ0n) is 27.1. The zero-order valence-corrected chi connectivity index (χ0v) is 28.7. The van der Waals surface area contributed by atoms with Gasteiger partial charge in [-0.15, -0.1) is 0 Å². The highest BCUT2D eigenvalue weighted by molar-refractivity contribution is 9.10. The van der Waals surface area contributed by atoms with E-state index in [-0.39, 0.29) is 24.5 Å². The Hall–Kier alpha value is -5.62. The number of para-hydroxylation sites is 1. The third kappa shape index (κ3) is 4.47. The molecule has 11 nitrogen and oxygen atoms in total. The van der Waals surface area contributed by atoms with Gasteiger partial charge in [-0.05, 0) is 82.4 Å². The predicted molar refractivity (Wildman–Crippen MR) is 189 cm³/mol. The third-order valence-electron chi connectivity index (χ3n) is 10.3. The van der Waals surface area contributed by atoms with Gasteiger partial charge < -0.3 is 9.84 Å². The van der Waals surface area contributed by atoms with Crippen LogP contribution in [0.15, 0.2) is 123 Å². The molecule has 252 valence electrons. The van der Waals surface area contributed by atoms with Crippen LogP contribution in [0.2, 0.25) is 0 Å². The van der Waals surface area contributed by atoms with E-state index in [0.717, 1.165) is 15.1 Å². The SMILES string of the molecule is COc1cc([C@H]2C3=CCn4c(=O)n(-c5ccccc5)c(=O)n4[C@@H]3C[C@H]3C(=O)N(Nc4ccc(C)cc4)C(=O)[C@@]23c2ccccc2)cc(Br)c1O. The van der Waals surface area contributed by atoms with Crippen molar-refractivity contribution in [1.82, 2.24) is 18.9 Å². The van der Waals surface area contributed by atoms with Gasteiger partial charge in [-0.25, -0.2) is 23.5 Å². The number of phenolic OH excluding ortho intramolecular Hbond substituents is 1. The molecule has 0 bridgehead atoms. The largest absolute Gasteiger partial charge is 0.503 e. The molecule has 0 radical (unpaired) electrons. The lowest BCUT2D eigenvalue weighted by Crippen LogP contribution is -2.53. The minimum Gasteiger partial charge on any atom is -0.503 e. The number of aryl methyl sites for hydroxylation is 1. The molecule has 2 N–H and O–H groups in total. The predicted octanol–water partition coefficient (Wildman–Crippen LogP) is 5.20. The maximum atomic E-state index is 15.3. The van der Waals surface area contributed by atoms with Crippen LogP contribution in [0.5, 0.6) is 11.5 Å². The Bertz CT molecular complexity index is 2330. The number of anilines is 1. The van der Waals surface area contributed by atoms with Gasteiger partial charge in [0, 0.05) is 5.92 Å². The second-order valence-corrected chi connectivity index (χ2v) is 13.7. The normalized spacial score (nSPS) is 22.4. The van der Waals surface area contributed by atoms with Crippen molar-refractivity contribution in [3.63, 3.8) is 0 Å². The van der Waals surface area contributed by atoms with Crippen molar-refractivity contribution < 1.29 is 19.4 Å². The molecule has 4 atom stereocenters. The van der Waals surface area contributed by atoms with Gasteiger partial charge in [0.15, 0.2) is 11.5 Å². The standard InChI is InChI=1S/C38H32BrN5O6/c1-22-13-15-25(16-14-22)40-43-34(46)28-21-30-27(17-18-41-36(48)42(37(49)44(30)41)26-11-7-4-8-12-26)32(23-19-29(39)33(45)31(20-23)50-2)38(28,35(43)47)24-9-5-3-6-10-24/h3-17,19-20,28,30,32,40,45H,18,21H2,1-2H3/t28-,30+,32-,38+/m0/s1. The number of phenols is 1. The van der Waals surface area contributed by atoms with Crippen molar-refractivity contribution in [3.05, 3.63) is 151 Å². The smallest absolute Gasteiger partial charge is 0.352 e. The van der Waals surface area contributed by atoms with E-state index in [0.29, 0.717) is 32.5 Å². The average molecular weight is 735 g/mol. The van der Waals surface area contributed by atoms with Crippen LogP contribution in [-0.2, 0) is 21.5 Å². The lowest BCUT2D eigenvalue weighted by Gasteiger charge is -2.49. The molecule has 1 aromatic heterocycles. The summed E-state index contributed by atoms with van der Waals surface area (Å²) in [5.74, 6) is -2.64. The highest BCUT2D eigenvalue weighted by Gasteiger charge is 2.68. The number of hydrazine groups is 1. The van der Waals surface area contributed by atoms with Gasteiger partial charge in [0.2, 0.25) is 0 Å². The summed E-state index contributed by atoms with van der Waals surface area (Å²) in [6.45, 7) is 2.02. The van der Waals surface area contributed by atoms with E-state index in [1.54, 1.807) is 54.6 Å². The number of nitrogens with one attached hydrogen (secondary N) is 1. The molecular weight excluding hydrogens is 702 g/mol. The molecular formula is C38H32BrN5O6. The average Bonchev–Trinajstić information content (AvgIpc) is 3.51. The summed E-state index contributed by atoms with van der Waals surface area (Å²) in [6, 6.07) is 28.0. The highest BCUT2D eigenvalue weighted by atomic mass is 79.9. The molecule has 2 fully saturated rings. The molecule has 5 aromatic rings. The summed E-state index contributed by atoms with van der Waals surface area (Å²) in [7, 11) is 1.44. The number of carbonyl (C=O) groups excluding carboxylic acids is 2. The summed E-state index contributed by atoms with van der Waals surface area (Å²) in [5, 5.41) is 11.9. The van der Waals surface area contributed by atoms with E-state index in [4.69, 9.17) is 4.74 Å². The fourth-order valence-corrected chi connectivity index (χ4v) is 8.56. The monoisotopic (exact) mass is 733 g/mol. The van der Waals surface area contributed by atoms with Crippen molar-refractivity contribution in [2.75, 3.05) is 12.5 Å². The summed E-state index contributed by atoms with van der Waals surface area (Å²) in [6.07, 6.45) is 1.97. The minimum atomic E-state index is -1.48. The molecule has 2 amide bonds. The third-order valence-corrected chi connectivity index (χ3v) is 10.9. The van der Waals surface area contributed by atoms with Gasteiger partial charge in [-0.3, -0.25) is 15.0 Å². The number of nitrogens with zero attached hydrogens (tertiary/aromatic N) is 4. The maximum absolute atomic E-state index is 15.3. The van der Waals surface area contributed by atoms with E-state index in [9.17, 15) is 19.5 Å². The molecule has 8 rings (SSSR count). The molecule has 3 heterocycles. The Balaban J connectivity index is 1.40. The number of rotatable bonds is 6. The van der Waals surface area contributed by atoms with Crippen molar-refractivity contribution in [2.45, 2.75) is 37.3 Å². The van der Waals surface area contributed by atoms with Gasteiger partial charge in [-0.1, -0.05) is 72.3 Å². The molecule has 50 heavy (non-hydrogen) atoms. The van der Waals surface area contributed by atoms with Crippen LogP contribution in [-0.4, -0.2) is 43.0 Å². The molecule has 12 heteroatoms. The number of allylic oxidation sites excluding steroid dienone is 2. The Labute approximate surface area is 294 Å². The molecule has 1 saturated carbocycles. The van der Waals surface area contributed by atoms with Crippen LogP contribution >= 0.6 is 15.9 Å². The van der Waals surface area contributed by atoms with Crippen LogP contribution in [0.1, 0.15) is 35.1 Å². The molecule has 4 aromatic carbocycles. The van der Waals surface area contributed by atoms with Crippen LogP contribution < -0.4 is 21.5 Å². The summed E-state index contributed by atoms with van der Waals surface area (Å²) in [5.41, 5.74) is 4.49. The first-order valence-electron chi connectivity index (χ1n) is 16.2. The van der Waals surface area contributed by atoms with Crippen molar-refractivity contribution >= 4 is 33.4 Å². The van der Waals surface area contributed by atoms with Crippen LogP contribution in [0.4, 0.5) is 5.69 Å². The molecule has 0 spiro atoms. The van der Waals surface area contributed by atoms with E-state index in [1.807, 2.05) is 55.5 Å². The second-order valence-electron chi connectivity index (χ2n) is 12.8. The molecule has 3 aliphatic rings. The first-order chi connectivity index (χ1) is 24.2. The van der Waals surface area contributed by atoms with Crippen LogP contribution in [0.25, 0.3) is 5.69 Å². The Morgan fingerprint density at radius 3 is 2.26 bits per heavy atom. The number of amides is 2. The maximum Gasteiger partial charge on any atom is 0.352 e. The number of fused-ring (bicyclic) bond motifs is 4. The summed E-state index contributed by atoms with van der Waals surface area (Å²) in [4.78, 5) is 58.1. The fraction of sp³-hybridized carbons (Fsp3) is 0.211. The highest BCUT2D eigenvalue weighted by Crippen LogP contribution is 2.62. The Morgan fingerprint density at radius 2 is 1.58 bits per heavy atom. The van der Waals surface area contributed by atoms with E-state index in [2.05, 4.69) is 21.4 Å². The molecule has 2 aliphatic heterocycles. The number of benzene rings is 4.